The van der Waals surface area contributed by atoms with Gasteiger partial charge in [-0.2, -0.15) is 0 Å². The maximum atomic E-state index is 5.83. The lowest BCUT2D eigenvalue weighted by Gasteiger charge is -2.23. The first-order valence-corrected chi connectivity index (χ1v) is 7.51. The van der Waals surface area contributed by atoms with Crippen LogP contribution < -0.4 is 11.3 Å². The molecule has 0 amide bonds. The van der Waals surface area contributed by atoms with Crippen LogP contribution in [0.15, 0.2) is 30.3 Å². The molecule has 3 rings (SSSR count). The van der Waals surface area contributed by atoms with Crippen molar-refractivity contribution in [2.75, 3.05) is 0 Å². The van der Waals surface area contributed by atoms with Crippen molar-refractivity contribution in [3.05, 3.63) is 41.6 Å². The van der Waals surface area contributed by atoms with Crippen LogP contribution in [0.5, 0.6) is 0 Å². The van der Waals surface area contributed by atoms with Gasteiger partial charge < -0.3 is 0 Å². The molecule has 0 aliphatic heterocycles. The van der Waals surface area contributed by atoms with Crippen molar-refractivity contribution in [3.63, 3.8) is 0 Å². The minimum atomic E-state index is 0.255. The van der Waals surface area contributed by atoms with Gasteiger partial charge in [-0.25, -0.2) is 0 Å². The fraction of sp³-hybridized carbons (Fsp3) is 0.471. The number of rotatable bonds is 3. The van der Waals surface area contributed by atoms with Gasteiger partial charge in [-0.05, 0) is 55.4 Å². The number of hydrogen-bond donors (Lipinski definition) is 2. The van der Waals surface area contributed by atoms with Gasteiger partial charge in [-0.15, -0.1) is 0 Å². The third-order valence-corrected chi connectivity index (χ3v) is 4.60. The first kappa shape index (κ1) is 13.5. The Morgan fingerprint density at radius 1 is 1.25 bits per heavy atom. The Kier molecular flexibility index (Phi) is 3.72. The van der Waals surface area contributed by atoms with Gasteiger partial charge in [0.15, 0.2) is 0 Å². The topological polar surface area (TPSA) is 50.9 Å². The van der Waals surface area contributed by atoms with E-state index in [1.165, 1.54) is 30.2 Å². The van der Waals surface area contributed by atoms with Crippen LogP contribution in [-0.2, 0) is 0 Å². The predicted octanol–water partition coefficient (Wildman–Crippen LogP) is 3.48. The molecular weight excluding hydrogens is 246 g/mol. The molecule has 0 bridgehead atoms. The van der Waals surface area contributed by atoms with Gasteiger partial charge >= 0.3 is 0 Å². The SMILES string of the molecule is Cc1ccc2cc(C(NN)C3CCC(C)C3)ccc2n1. The second-order valence-electron chi connectivity index (χ2n) is 6.23. The smallest absolute Gasteiger partial charge is 0.0705 e. The third kappa shape index (κ3) is 2.56. The van der Waals surface area contributed by atoms with Crippen molar-refractivity contribution in [3.8, 4) is 0 Å². The molecule has 1 aromatic carbocycles. The minimum absolute atomic E-state index is 0.255. The number of pyridine rings is 1. The molecule has 0 radical (unpaired) electrons. The van der Waals surface area contributed by atoms with Gasteiger partial charge in [0, 0.05) is 17.1 Å². The molecule has 1 heterocycles. The lowest BCUT2D eigenvalue weighted by Crippen LogP contribution is -2.32. The molecule has 3 atom stereocenters. The normalized spacial score (nSPS) is 24.1. The fourth-order valence-electron chi connectivity index (χ4n) is 3.50. The summed E-state index contributed by atoms with van der Waals surface area (Å²) in [4.78, 5) is 4.56. The van der Waals surface area contributed by atoms with Gasteiger partial charge in [-0.3, -0.25) is 16.3 Å². The molecule has 1 saturated carbocycles. The quantitative estimate of drug-likeness (QED) is 0.662. The number of benzene rings is 1. The average molecular weight is 269 g/mol. The average Bonchev–Trinajstić information content (AvgIpc) is 2.86. The van der Waals surface area contributed by atoms with Crippen LogP contribution in [0.3, 0.4) is 0 Å². The zero-order valence-corrected chi connectivity index (χ0v) is 12.3. The largest absolute Gasteiger partial charge is 0.271 e. The van der Waals surface area contributed by atoms with Crippen molar-refractivity contribution < 1.29 is 0 Å². The van der Waals surface area contributed by atoms with E-state index in [9.17, 15) is 0 Å². The van der Waals surface area contributed by atoms with Crippen LogP contribution in [-0.4, -0.2) is 4.98 Å². The standard InChI is InChI=1S/C17H23N3/c1-11-3-5-14(9-11)17(20-18)15-7-8-16-13(10-15)6-4-12(2)19-16/h4,6-8,10-11,14,17,20H,3,5,9,18H2,1-2H3. The lowest BCUT2D eigenvalue weighted by molar-refractivity contribution is 0.364. The van der Waals surface area contributed by atoms with Crippen molar-refractivity contribution in [2.45, 2.75) is 39.2 Å². The maximum absolute atomic E-state index is 5.83. The summed E-state index contributed by atoms with van der Waals surface area (Å²) in [6, 6.07) is 11.0. The highest BCUT2D eigenvalue weighted by atomic mass is 15.2. The van der Waals surface area contributed by atoms with Crippen molar-refractivity contribution >= 4 is 10.9 Å². The van der Waals surface area contributed by atoms with E-state index in [4.69, 9.17) is 5.84 Å². The Morgan fingerprint density at radius 2 is 2.10 bits per heavy atom. The number of fused-ring (bicyclic) bond motifs is 1. The highest BCUT2D eigenvalue weighted by molar-refractivity contribution is 5.79. The lowest BCUT2D eigenvalue weighted by atomic mass is 9.90. The number of aromatic nitrogens is 1. The summed E-state index contributed by atoms with van der Waals surface area (Å²) in [5.74, 6) is 7.30. The molecule has 20 heavy (non-hydrogen) atoms. The maximum Gasteiger partial charge on any atom is 0.0705 e. The summed E-state index contributed by atoms with van der Waals surface area (Å²) in [5.41, 5.74) is 6.44. The second kappa shape index (κ2) is 5.51. The molecular formula is C17H23N3. The molecule has 3 heteroatoms. The molecule has 3 N–H and O–H groups in total. The number of aryl methyl sites for hydroxylation is 1. The number of nitrogens with zero attached hydrogens (tertiary/aromatic N) is 1. The van der Waals surface area contributed by atoms with E-state index >= 15 is 0 Å². The van der Waals surface area contributed by atoms with Crippen LogP contribution in [0, 0.1) is 18.8 Å². The Labute approximate surface area is 120 Å². The van der Waals surface area contributed by atoms with Gasteiger partial charge in [0.25, 0.3) is 0 Å². The third-order valence-electron chi connectivity index (χ3n) is 4.60. The van der Waals surface area contributed by atoms with Gasteiger partial charge in [-0.1, -0.05) is 25.5 Å². The van der Waals surface area contributed by atoms with Gasteiger partial charge in [0.1, 0.15) is 0 Å². The van der Waals surface area contributed by atoms with Crippen LogP contribution >= 0.6 is 0 Å². The van der Waals surface area contributed by atoms with Crippen molar-refractivity contribution in [1.82, 2.24) is 10.4 Å². The summed E-state index contributed by atoms with van der Waals surface area (Å²) < 4.78 is 0. The van der Waals surface area contributed by atoms with E-state index in [0.717, 1.165) is 17.1 Å². The van der Waals surface area contributed by atoms with Crippen molar-refractivity contribution in [2.24, 2.45) is 17.7 Å². The molecule has 1 aliphatic carbocycles. The molecule has 2 aromatic rings. The second-order valence-corrected chi connectivity index (χ2v) is 6.23. The monoisotopic (exact) mass is 269 g/mol. The predicted molar refractivity (Wildman–Crippen MR) is 83.0 cm³/mol. The van der Waals surface area contributed by atoms with Crippen LogP contribution in [0.25, 0.3) is 10.9 Å². The van der Waals surface area contributed by atoms with Crippen LogP contribution in [0.4, 0.5) is 0 Å². The Balaban J connectivity index is 1.93. The molecule has 1 fully saturated rings. The van der Waals surface area contributed by atoms with Gasteiger partial charge in [0.2, 0.25) is 0 Å². The van der Waals surface area contributed by atoms with E-state index in [-0.39, 0.29) is 6.04 Å². The summed E-state index contributed by atoms with van der Waals surface area (Å²) >= 11 is 0. The van der Waals surface area contributed by atoms with E-state index < -0.39 is 0 Å². The fourth-order valence-corrected chi connectivity index (χ4v) is 3.50. The molecule has 0 spiro atoms. The Hall–Kier alpha value is -1.45. The Morgan fingerprint density at radius 3 is 2.80 bits per heavy atom. The highest BCUT2D eigenvalue weighted by Crippen LogP contribution is 2.38. The zero-order valence-electron chi connectivity index (χ0n) is 12.3. The van der Waals surface area contributed by atoms with Crippen LogP contribution in [0.2, 0.25) is 0 Å². The molecule has 1 aliphatic rings. The number of nitrogens with two attached hydrogens (primary N) is 1. The molecule has 106 valence electrons. The van der Waals surface area contributed by atoms with E-state index in [0.29, 0.717) is 5.92 Å². The molecule has 1 aromatic heterocycles. The van der Waals surface area contributed by atoms with Gasteiger partial charge in [0.05, 0.1) is 5.52 Å². The van der Waals surface area contributed by atoms with Crippen LogP contribution in [0.1, 0.15) is 43.5 Å². The number of hydrazine groups is 1. The summed E-state index contributed by atoms with van der Waals surface area (Å²) in [6.45, 7) is 4.36. The minimum Gasteiger partial charge on any atom is -0.271 e. The summed E-state index contributed by atoms with van der Waals surface area (Å²) in [5, 5.41) is 1.19. The van der Waals surface area contributed by atoms with E-state index in [1.807, 2.05) is 6.92 Å². The summed E-state index contributed by atoms with van der Waals surface area (Å²) in [6.07, 6.45) is 3.84. The molecule has 3 nitrogen and oxygen atoms in total. The highest BCUT2D eigenvalue weighted by Gasteiger charge is 2.29. The zero-order chi connectivity index (χ0) is 14.1. The molecule has 0 saturated heterocycles. The first-order valence-electron chi connectivity index (χ1n) is 7.51. The number of nitrogens with one attached hydrogen (secondary N) is 1. The van der Waals surface area contributed by atoms with E-state index in [1.54, 1.807) is 0 Å². The molecule has 3 unspecified atom stereocenters. The van der Waals surface area contributed by atoms with Crippen molar-refractivity contribution in [1.29, 1.82) is 0 Å². The number of hydrogen-bond acceptors (Lipinski definition) is 3. The Bertz CT molecular complexity index is 608. The van der Waals surface area contributed by atoms with E-state index in [2.05, 4.69) is 47.7 Å². The summed E-state index contributed by atoms with van der Waals surface area (Å²) in [7, 11) is 0. The first-order chi connectivity index (χ1) is 9.67.